The largest absolute Gasteiger partial charge is 0.325 e. The highest BCUT2D eigenvalue weighted by Crippen LogP contribution is 2.43. The van der Waals surface area contributed by atoms with Gasteiger partial charge in [0.15, 0.2) is 0 Å². The second kappa shape index (κ2) is 5.74. The van der Waals surface area contributed by atoms with Gasteiger partial charge in [-0.25, -0.2) is 0 Å². The van der Waals surface area contributed by atoms with Crippen molar-refractivity contribution in [3.8, 4) is 0 Å². The van der Waals surface area contributed by atoms with Crippen LogP contribution >= 0.6 is 12.4 Å². The monoisotopic (exact) mass is 294 g/mol. The van der Waals surface area contributed by atoms with E-state index in [1.165, 1.54) is 5.56 Å². The summed E-state index contributed by atoms with van der Waals surface area (Å²) < 4.78 is 0. The Bertz CT molecular complexity index is 503. The van der Waals surface area contributed by atoms with E-state index in [9.17, 15) is 4.79 Å². The highest BCUT2D eigenvalue weighted by molar-refractivity contribution is 6.06. The minimum Gasteiger partial charge on any atom is -0.325 e. The molecular weight excluding hydrogens is 272 g/mol. The molecule has 110 valence electrons. The number of anilines is 1. The Hall–Kier alpha value is -1.06. The van der Waals surface area contributed by atoms with E-state index < -0.39 is 0 Å². The lowest BCUT2D eigenvalue weighted by atomic mass is 9.75. The van der Waals surface area contributed by atoms with Crippen LogP contribution in [-0.4, -0.2) is 30.4 Å². The van der Waals surface area contributed by atoms with E-state index in [1.807, 2.05) is 18.2 Å². The van der Waals surface area contributed by atoms with E-state index in [-0.39, 0.29) is 23.7 Å². The fourth-order valence-corrected chi connectivity index (χ4v) is 3.60. The molecule has 2 aliphatic rings. The van der Waals surface area contributed by atoms with Crippen molar-refractivity contribution in [2.24, 2.45) is 5.92 Å². The van der Waals surface area contributed by atoms with E-state index in [4.69, 9.17) is 0 Å². The Morgan fingerprint density at radius 2 is 2.10 bits per heavy atom. The fourth-order valence-electron chi connectivity index (χ4n) is 3.60. The Morgan fingerprint density at radius 3 is 2.85 bits per heavy atom. The van der Waals surface area contributed by atoms with Gasteiger partial charge in [-0.05, 0) is 36.9 Å². The van der Waals surface area contributed by atoms with Gasteiger partial charge in [-0.3, -0.25) is 4.79 Å². The molecule has 4 heteroatoms. The smallest absolute Gasteiger partial charge is 0.236 e. The summed E-state index contributed by atoms with van der Waals surface area (Å²) in [6, 6.07) is 8.17. The van der Waals surface area contributed by atoms with E-state index in [2.05, 4.69) is 30.1 Å². The van der Waals surface area contributed by atoms with Gasteiger partial charge in [0.1, 0.15) is 0 Å². The van der Waals surface area contributed by atoms with Crippen molar-refractivity contribution in [1.82, 2.24) is 4.90 Å². The maximum Gasteiger partial charge on any atom is 0.236 e. The number of fused-ring (bicyclic) bond motifs is 2. The molecule has 20 heavy (non-hydrogen) atoms. The predicted molar refractivity (Wildman–Crippen MR) is 84.5 cm³/mol. The van der Waals surface area contributed by atoms with Gasteiger partial charge >= 0.3 is 0 Å². The first-order chi connectivity index (χ1) is 9.12. The van der Waals surface area contributed by atoms with Gasteiger partial charge < -0.3 is 10.2 Å². The van der Waals surface area contributed by atoms with Crippen LogP contribution in [0.5, 0.6) is 0 Å². The predicted octanol–water partition coefficient (Wildman–Crippen LogP) is 3.05. The molecule has 0 saturated carbocycles. The van der Waals surface area contributed by atoms with Gasteiger partial charge in [-0.2, -0.15) is 0 Å². The number of nitrogens with zero attached hydrogens (tertiary/aromatic N) is 1. The van der Waals surface area contributed by atoms with Crippen LogP contribution in [-0.2, 0) is 10.2 Å². The number of carbonyl (C=O) groups excluding carboxylic acids is 1. The van der Waals surface area contributed by atoms with Crippen LogP contribution in [0.1, 0.15) is 32.3 Å². The Balaban J connectivity index is 0.00000147. The molecule has 0 bridgehead atoms. The lowest BCUT2D eigenvalue weighted by Crippen LogP contribution is -2.50. The minimum atomic E-state index is -0.302. The number of hydrogen-bond donors (Lipinski definition) is 1. The van der Waals surface area contributed by atoms with E-state index in [1.54, 1.807) is 0 Å². The molecular formula is C16H23ClN2O. The molecule has 1 atom stereocenters. The molecule has 2 aliphatic heterocycles. The number of likely N-dealkylation sites (tertiary alicyclic amines) is 1. The third-order valence-electron chi connectivity index (χ3n) is 4.32. The first-order valence-corrected chi connectivity index (χ1v) is 7.25. The van der Waals surface area contributed by atoms with Crippen LogP contribution in [0, 0.1) is 5.92 Å². The standard InChI is InChI=1S/C16H22N2O.ClH/c1-12(2)10-18-9-5-8-16(11-18)13-6-3-4-7-14(13)17-15(16)19;/h3-4,6-7,12H,5,8-11H2,1-2H3,(H,17,19);1H. The zero-order chi connectivity index (χ0) is 13.5. The molecule has 0 aliphatic carbocycles. The molecule has 2 heterocycles. The quantitative estimate of drug-likeness (QED) is 0.909. The molecule has 3 rings (SSSR count). The average Bonchev–Trinajstić information content (AvgIpc) is 2.63. The van der Waals surface area contributed by atoms with Crippen LogP contribution in [0.2, 0.25) is 0 Å². The molecule has 1 aromatic rings. The number of hydrogen-bond acceptors (Lipinski definition) is 2. The molecule has 1 aromatic carbocycles. The maximum absolute atomic E-state index is 12.5. The summed E-state index contributed by atoms with van der Waals surface area (Å²) in [5.41, 5.74) is 1.91. The molecule has 0 radical (unpaired) electrons. The van der Waals surface area contributed by atoms with Crippen molar-refractivity contribution >= 4 is 24.0 Å². The number of nitrogens with one attached hydrogen (secondary N) is 1. The number of benzene rings is 1. The SMILES string of the molecule is CC(C)CN1CCCC2(C1)C(=O)Nc1ccccc12.Cl. The number of rotatable bonds is 2. The molecule has 3 nitrogen and oxygen atoms in total. The first kappa shape index (κ1) is 15.3. The van der Waals surface area contributed by atoms with Crippen LogP contribution in [0.4, 0.5) is 5.69 Å². The van der Waals surface area contributed by atoms with Crippen molar-refractivity contribution in [3.63, 3.8) is 0 Å². The van der Waals surface area contributed by atoms with Gasteiger partial charge in [0.25, 0.3) is 0 Å². The third-order valence-corrected chi connectivity index (χ3v) is 4.32. The van der Waals surface area contributed by atoms with E-state index in [0.717, 1.165) is 38.2 Å². The second-order valence-corrected chi connectivity index (χ2v) is 6.31. The molecule has 1 fully saturated rings. The van der Waals surface area contributed by atoms with E-state index >= 15 is 0 Å². The number of piperidine rings is 1. The van der Waals surface area contributed by atoms with Gasteiger partial charge in [0.05, 0.1) is 5.41 Å². The highest BCUT2D eigenvalue weighted by atomic mass is 35.5. The van der Waals surface area contributed by atoms with Crippen LogP contribution < -0.4 is 5.32 Å². The number of para-hydroxylation sites is 1. The molecule has 1 N–H and O–H groups in total. The number of carbonyl (C=O) groups is 1. The summed E-state index contributed by atoms with van der Waals surface area (Å²) in [4.78, 5) is 15.0. The minimum absolute atomic E-state index is 0. The van der Waals surface area contributed by atoms with Crippen LogP contribution in [0.15, 0.2) is 24.3 Å². The lowest BCUT2D eigenvalue weighted by molar-refractivity contribution is -0.122. The van der Waals surface area contributed by atoms with E-state index in [0.29, 0.717) is 5.92 Å². The average molecular weight is 295 g/mol. The summed E-state index contributed by atoms with van der Waals surface area (Å²) in [5, 5.41) is 3.07. The van der Waals surface area contributed by atoms with Gasteiger partial charge in [0.2, 0.25) is 5.91 Å². The summed E-state index contributed by atoms with van der Waals surface area (Å²) in [7, 11) is 0. The zero-order valence-electron chi connectivity index (χ0n) is 12.2. The Morgan fingerprint density at radius 1 is 1.35 bits per heavy atom. The van der Waals surface area contributed by atoms with Crippen molar-refractivity contribution in [3.05, 3.63) is 29.8 Å². The number of amides is 1. The fraction of sp³-hybridized carbons (Fsp3) is 0.562. The van der Waals surface area contributed by atoms with Crippen molar-refractivity contribution < 1.29 is 4.79 Å². The summed E-state index contributed by atoms with van der Waals surface area (Å²) in [6.45, 7) is 7.55. The first-order valence-electron chi connectivity index (χ1n) is 7.25. The third kappa shape index (κ3) is 2.45. The summed E-state index contributed by atoms with van der Waals surface area (Å²) >= 11 is 0. The highest BCUT2D eigenvalue weighted by Gasteiger charge is 2.48. The zero-order valence-corrected chi connectivity index (χ0v) is 13.0. The Labute approximate surface area is 127 Å². The second-order valence-electron chi connectivity index (χ2n) is 6.31. The Kier molecular flexibility index (Phi) is 4.40. The molecule has 0 aromatic heterocycles. The molecule has 1 unspecified atom stereocenters. The number of halogens is 1. The summed E-state index contributed by atoms with van der Waals surface area (Å²) in [6.07, 6.45) is 2.08. The van der Waals surface area contributed by atoms with Crippen molar-refractivity contribution in [2.45, 2.75) is 32.1 Å². The van der Waals surface area contributed by atoms with Gasteiger partial charge in [-0.15, -0.1) is 12.4 Å². The maximum atomic E-state index is 12.5. The van der Waals surface area contributed by atoms with Crippen molar-refractivity contribution in [2.75, 3.05) is 25.0 Å². The van der Waals surface area contributed by atoms with Crippen LogP contribution in [0.25, 0.3) is 0 Å². The molecule has 1 saturated heterocycles. The normalized spacial score (nSPS) is 25.4. The van der Waals surface area contributed by atoms with Crippen LogP contribution in [0.3, 0.4) is 0 Å². The van der Waals surface area contributed by atoms with Gasteiger partial charge in [-0.1, -0.05) is 32.0 Å². The summed E-state index contributed by atoms with van der Waals surface area (Å²) in [5.74, 6) is 0.844. The van der Waals surface area contributed by atoms with Gasteiger partial charge in [0, 0.05) is 18.8 Å². The molecule has 1 amide bonds. The molecule has 1 spiro atoms. The van der Waals surface area contributed by atoms with Crippen molar-refractivity contribution in [1.29, 1.82) is 0 Å². The topological polar surface area (TPSA) is 32.3 Å². The lowest BCUT2D eigenvalue weighted by Gasteiger charge is -2.39.